The van der Waals surface area contributed by atoms with Crippen LogP contribution in [0.25, 0.3) is 10.8 Å². The van der Waals surface area contributed by atoms with E-state index >= 15 is 0 Å². The summed E-state index contributed by atoms with van der Waals surface area (Å²) in [6.45, 7) is -0.191. The van der Waals surface area contributed by atoms with Crippen molar-refractivity contribution in [3.05, 3.63) is 36.5 Å². The van der Waals surface area contributed by atoms with E-state index in [4.69, 9.17) is 0 Å². The van der Waals surface area contributed by atoms with Gasteiger partial charge >= 0.3 is 10.2 Å². The molecular formula is C13H11FN2O3S. The zero-order valence-electron chi connectivity index (χ0n) is 10.4. The topological polar surface area (TPSA) is 67.3 Å². The van der Waals surface area contributed by atoms with Gasteiger partial charge in [0, 0.05) is 24.5 Å². The predicted molar refractivity (Wildman–Crippen MR) is 72.5 cm³/mol. The number of rotatable bonds is 2. The Hall–Kier alpha value is -2.02. The fraction of sp³-hybridized carbons (Fsp3) is 0.231. The molecule has 1 saturated heterocycles. The second-order valence-electron chi connectivity index (χ2n) is 4.70. The van der Waals surface area contributed by atoms with E-state index in [9.17, 15) is 17.1 Å². The summed E-state index contributed by atoms with van der Waals surface area (Å²) in [6.07, 6.45) is 1.27. The van der Waals surface area contributed by atoms with Gasteiger partial charge in [0.15, 0.2) is 0 Å². The third-order valence-electron chi connectivity index (χ3n) is 3.38. The molecule has 0 N–H and O–H groups in total. The number of carbonyl (C=O) groups excluding carboxylic acids is 1. The van der Waals surface area contributed by atoms with E-state index in [-0.39, 0.29) is 13.0 Å². The summed E-state index contributed by atoms with van der Waals surface area (Å²) in [6, 6.07) is 9.17. The van der Waals surface area contributed by atoms with Crippen molar-refractivity contribution < 1.29 is 17.1 Å². The summed E-state index contributed by atoms with van der Waals surface area (Å²) in [5.41, 5.74) is 0. The van der Waals surface area contributed by atoms with E-state index in [1.807, 2.05) is 24.3 Å². The normalized spacial score (nSPS) is 19.8. The van der Waals surface area contributed by atoms with E-state index < -0.39 is 21.4 Å². The maximum absolute atomic E-state index is 13.0. The standard InChI is InChI=1S/C13H11FN2O3S/c14-20(18,19)11-6-13(17)16(8-11)12-5-9-3-1-2-4-10(9)7-15-12/h1-5,7,11H,6,8H2. The maximum atomic E-state index is 13.0. The minimum Gasteiger partial charge on any atom is -0.295 e. The first-order valence-corrected chi connectivity index (χ1v) is 7.48. The van der Waals surface area contributed by atoms with Crippen LogP contribution in [0.2, 0.25) is 0 Å². The number of nitrogens with zero attached hydrogens (tertiary/aromatic N) is 2. The highest BCUT2D eigenvalue weighted by Gasteiger charge is 2.39. The number of fused-ring (bicyclic) bond motifs is 1. The fourth-order valence-corrected chi connectivity index (χ4v) is 2.97. The first-order chi connectivity index (χ1) is 9.45. The van der Waals surface area contributed by atoms with Crippen molar-refractivity contribution in [2.75, 3.05) is 11.4 Å². The van der Waals surface area contributed by atoms with Gasteiger partial charge < -0.3 is 0 Å². The van der Waals surface area contributed by atoms with Crippen LogP contribution in [0.15, 0.2) is 36.5 Å². The van der Waals surface area contributed by atoms with Gasteiger partial charge in [-0.05, 0) is 11.5 Å². The molecule has 2 aromatic rings. The smallest absolute Gasteiger partial charge is 0.295 e. The van der Waals surface area contributed by atoms with Gasteiger partial charge in [0.2, 0.25) is 5.91 Å². The Morgan fingerprint density at radius 1 is 1.25 bits per heavy atom. The summed E-state index contributed by atoms with van der Waals surface area (Å²) in [5.74, 6) is -0.0844. The molecule has 1 amide bonds. The molecule has 104 valence electrons. The number of anilines is 1. The molecule has 0 aliphatic carbocycles. The Balaban J connectivity index is 1.97. The van der Waals surface area contributed by atoms with Crippen LogP contribution in [-0.4, -0.2) is 31.1 Å². The van der Waals surface area contributed by atoms with Crippen molar-refractivity contribution in [3.8, 4) is 0 Å². The lowest BCUT2D eigenvalue weighted by molar-refractivity contribution is -0.117. The summed E-state index contributed by atoms with van der Waals surface area (Å²) in [5, 5.41) is 0.498. The summed E-state index contributed by atoms with van der Waals surface area (Å²) in [4.78, 5) is 17.2. The van der Waals surface area contributed by atoms with Crippen LogP contribution in [-0.2, 0) is 15.0 Å². The molecule has 0 spiro atoms. The minimum absolute atomic E-state index is 0.191. The largest absolute Gasteiger partial charge is 0.307 e. The van der Waals surface area contributed by atoms with Crippen molar-refractivity contribution in [1.29, 1.82) is 0 Å². The zero-order chi connectivity index (χ0) is 14.3. The van der Waals surface area contributed by atoms with Gasteiger partial charge in [-0.1, -0.05) is 24.3 Å². The van der Waals surface area contributed by atoms with E-state index in [1.54, 1.807) is 12.3 Å². The van der Waals surface area contributed by atoms with Crippen molar-refractivity contribution in [1.82, 2.24) is 4.98 Å². The van der Waals surface area contributed by atoms with E-state index in [0.29, 0.717) is 5.82 Å². The van der Waals surface area contributed by atoms with E-state index in [0.717, 1.165) is 10.8 Å². The number of hydrogen-bond acceptors (Lipinski definition) is 4. The maximum Gasteiger partial charge on any atom is 0.307 e. The van der Waals surface area contributed by atoms with Gasteiger partial charge in [-0.2, -0.15) is 8.42 Å². The Labute approximate surface area is 115 Å². The molecule has 0 bridgehead atoms. The van der Waals surface area contributed by atoms with Crippen molar-refractivity contribution in [2.45, 2.75) is 11.7 Å². The number of benzene rings is 1. The first kappa shape index (κ1) is 13.0. The molecule has 3 rings (SSSR count). The molecule has 0 saturated carbocycles. The molecule has 2 heterocycles. The van der Waals surface area contributed by atoms with Gasteiger partial charge in [-0.15, -0.1) is 3.89 Å². The average Bonchev–Trinajstić information content (AvgIpc) is 2.80. The summed E-state index contributed by atoms with van der Waals surface area (Å²) >= 11 is 0. The second kappa shape index (κ2) is 4.52. The third kappa shape index (κ3) is 2.24. The van der Waals surface area contributed by atoms with Crippen LogP contribution in [0, 0.1) is 0 Å². The molecule has 20 heavy (non-hydrogen) atoms. The van der Waals surface area contributed by atoms with E-state index in [2.05, 4.69) is 4.98 Å². The molecule has 1 aliphatic rings. The summed E-state index contributed by atoms with van der Waals surface area (Å²) in [7, 11) is -4.71. The average molecular weight is 294 g/mol. The summed E-state index contributed by atoms with van der Waals surface area (Å²) < 4.78 is 34.8. The zero-order valence-corrected chi connectivity index (χ0v) is 11.2. The highest BCUT2D eigenvalue weighted by atomic mass is 32.3. The Morgan fingerprint density at radius 2 is 1.95 bits per heavy atom. The lowest BCUT2D eigenvalue weighted by Crippen LogP contribution is -2.27. The fourth-order valence-electron chi connectivity index (χ4n) is 2.30. The Bertz CT molecular complexity index is 791. The number of halogens is 1. The Kier molecular flexibility index (Phi) is 2.93. The highest BCUT2D eigenvalue weighted by Crippen LogP contribution is 2.26. The number of amides is 1. The molecule has 1 aromatic heterocycles. The van der Waals surface area contributed by atoms with Crippen molar-refractivity contribution in [2.24, 2.45) is 0 Å². The number of pyridine rings is 1. The van der Waals surface area contributed by atoms with Gasteiger partial charge in [-0.3, -0.25) is 9.69 Å². The molecule has 0 radical (unpaired) electrons. The highest BCUT2D eigenvalue weighted by molar-refractivity contribution is 7.87. The van der Waals surface area contributed by atoms with Gasteiger partial charge in [0.05, 0.1) is 0 Å². The monoisotopic (exact) mass is 294 g/mol. The van der Waals surface area contributed by atoms with Crippen molar-refractivity contribution in [3.63, 3.8) is 0 Å². The van der Waals surface area contributed by atoms with Crippen LogP contribution >= 0.6 is 0 Å². The van der Waals surface area contributed by atoms with Crippen molar-refractivity contribution >= 4 is 32.7 Å². The van der Waals surface area contributed by atoms with Gasteiger partial charge in [0.25, 0.3) is 0 Å². The van der Waals surface area contributed by atoms with Crippen LogP contribution in [0.5, 0.6) is 0 Å². The van der Waals surface area contributed by atoms with Gasteiger partial charge in [0.1, 0.15) is 11.1 Å². The lowest BCUT2D eigenvalue weighted by atomic mass is 10.2. The predicted octanol–water partition coefficient (Wildman–Crippen LogP) is 1.64. The number of hydrogen-bond donors (Lipinski definition) is 0. The molecule has 1 atom stereocenters. The number of carbonyl (C=O) groups is 1. The molecule has 5 nitrogen and oxygen atoms in total. The van der Waals surface area contributed by atoms with Crippen LogP contribution < -0.4 is 4.90 Å². The molecule has 1 fully saturated rings. The van der Waals surface area contributed by atoms with Gasteiger partial charge in [-0.25, -0.2) is 4.98 Å². The van der Waals surface area contributed by atoms with Crippen LogP contribution in [0.3, 0.4) is 0 Å². The molecular weight excluding hydrogens is 283 g/mol. The second-order valence-corrected chi connectivity index (χ2v) is 6.31. The van der Waals surface area contributed by atoms with Crippen LogP contribution in [0.4, 0.5) is 9.70 Å². The lowest BCUT2D eigenvalue weighted by Gasteiger charge is -2.15. The molecule has 1 aliphatic heterocycles. The minimum atomic E-state index is -4.71. The van der Waals surface area contributed by atoms with Crippen LogP contribution in [0.1, 0.15) is 6.42 Å². The molecule has 1 unspecified atom stereocenters. The third-order valence-corrected chi connectivity index (χ3v) is 4.49. The molecule has 7 heteroatoms. The number of aromatic nitrogens is 1. The van der Waals surface area contributed by atoms with E-state index in [1.165, 1.54) is 4.90 Å². The SMILES string of the molecule is O=C1CC(S(=O)(=O)F)CN1c1cc2ccccc2cn1. The molecule has 1 aromatic carbocycles. The quantitative estimate of drug-likeness (QED) is 0.790. The Morgan fingerprint density at radius 3 is 2.60 bits per heavy atom. The first-order valence-electron chi connectivity index (χ1n) is 6.04.